The Morgan fingerprint density at radius 3 is 3.00 bits per heavy atom. The predicted octanol–water partition coefficient (Wildman–Crippen LogP) is 1.76. The van der Waals surface area contributed by atoms with Crippen molar-refractivity contribution in [3.8, 4) is 5.75 Å². The van der Waals surface area contributed by atoms with Gasteiger partial charge in [-0.05, 0) is 25.5 Å². The molecule has 1 aliphatic heterocycles. The summed E-state index contributed by atoms with van der Waals surface area (Å²) in [6.45, 7) is 2.29. The van der Waals surface area contributed by atoms with Crippen LogP contribution in [0.4, 0.5) is 4.39 Å². The van der Waals surface area contributed by atoms with Crippen LogP contribution < -0.4 is 10.5 Å². The first kappa shape index (κ1) is 12.3. The second-order valence-corrected chi connectivity index (χ2v) is 4.46. The van der Waals surface area contributed by atoms with E-state index in [0.717, 1.165) is 19.4 Å². The first-order valence-electron chi connectivity index (χ1n) is 6.01. The highest BCUT2D eigenvalue weighted by atomic mass is 19.1. The van der Waals surface area contributed by atoms with Crippen LogP contribution in [0.2, 0.25) is 0 Å². The van der Waals surface area contributed by atoms with E-state index in [1.807, 2.05) is 0 Å². The number of hydrogen-bond donors (Lipinski definition) is 1. The van der Waals surface area contributed by atoms with E-state index in [0.29, 0.717) is 30.4 Å². The fraction of sp³-hybridized carbons (Fsp3) is 0.538. The summed E-state index contributed by atoms with van der Waals surface area (Å²) < 4.78 is 18.8. The van der Waals surface area contributed by atoms with E-state index in [4.69, 9.17) is 10.5 Å². The fourth-order valence-corrected chi connectivity index (χ4v) is 2.37. The zero-order valence-corrected chi connectivity index (χ0v) is 10.2. The summed E-state index contributed by atoms with van der Waals surface area (Å²) in [4.78, 5) is 2.25. The van der Waals surface area contributed by atoms with Gasteiger partial charge in [0.15, 0.2) is 0 Å². The van der Waals surface area contributed by atoms with E-state index in [1.54, 1.807) is 19.2 Å². The highest BCUT2D eigenvalue weighted by molar-refractivity contribution is 5.28. The number of ether oxygens (including phenoxy) is 1. The van der Waals surface area contributed by atoms with Crippen LogP contribution in [0.5, 0.6) is 5.75 Å². The van der Waals surface area contributed by atoms with Crippen molar-refractivity contribution in [3.05, 3.63) is 29.6 Å². The Balaban J connectivity index is 2.08. The number of halogens is 1. The van der Waals surface area contributed by atoms with Crippen molar-refractivity contribution < 1.29 is 9.13 Å². The van der Waals surface area contributed by atoms with Crippen LogP contribution in [-0.4, -0.2) is 31.1 Å². The van der Waals surface area contributed by atoms with Gasteiger partial charge in [-0.3, -0.25) is 4.90 Å². The van der Waals surface area contributed by atoms with Crippen LogP contribution in [0.3, 0.4) is 0 Å². The molecule has 0 amide bonds. The van der Waals surface area contributed by atoms with Gasteiger partial charge < -0.3 is 10.5 Å². The maximum atomic E-state index is 13.8. The number of methoxy groups -OCH3 is 1. The Bertz CT molecular complexity index is 384. The van der Waals surface area contributed by atoms with Crippen molar-refractivity contribution in [1.29, 1.82) is 0 Å². The molecule has 1 aromatic carbocycles. The van der Waals surface area contributed by atoms with E-state index in [2.05, 4.69) is 4.90 Å². The van der Waals surface area contributed by atoms with Crippen molar-refractivity contribution in [2.75, 3.05) is 20.2 Å². The molecule has 0 bridgehead atoms. The second-order valence-electron chi connectivity index (χ2n) is 4.46. The Hall–Kier alpha value is -1.13. The van der Waals surface area contributed by atoms with Crippen molar-refractivity contribution >= 4 is 0 Å². The topological polar surface area (TPSA) is 38.5 Å². The zero-order chi connectivity index (χ0) is 12.3. The van der Waals surface area contributed by atoms with Gasteiger partial charge in [-0.25, -0.2) is 4.39 Å². The molecule has 0 aliphatic carbocycles. The smallest absolute Gasteiger partial charge is 0.131 e. The zero-order valence-electron chi connectivity index (χ0n) is 10.2. The molecule has 1 heterocycles. The highest BCUT2D eigenvalue weighted by Crippen LogP contribution is 2.22. The third-order valence-corrected chi connectivity index (χ3v) is 3.40. The number of nitrogens with two attached hydrogens (primary N) is 1. The molecule has 0 radical (unpaired) electrons. The van der Waals surface area contributed by atoms with Gasteiger partial charge in [-0.1, -0.05) is 6.07 Å². The minimum atomic E-state index is -0.202. The van der Waals surface area contributed by atoms with Gasteiger partial charge in [0.05, 0.1) is 7.11 Å². The first-order valence-corrected chi connectivity index (χ1v) is 6.01. The molecule has 4 heteroatoms. The van der Waals surface area contributed by atoms with Gasteiger partial charge in [0.1, 0.15) is 11.6 Å². The van der Waals surface area contributed by atoms with Crippen LogP contribution in [0.25, 0.3) is 0 Å². The van der Waals surface area contributed by atoms with Gasteiger partial charge in [0, 0.05) is 30.8 Å². The number of benzene rings is 1. The minimum absolute atomic E-state index is 0.202. The average Bonchev–Trinajstić information content (AvgIpc) is 2.79. The lowest BCUT2D eigenvalue weighted by molar-refractivity contribution is 0.246. The predicted molar refractivity (Wildman–Crippen MR) is 65.4 cm³/mol. The first-order chi connectivity index (χ1) is 8.24. The van der Waals surface area contributed by atoms with Crippen LogP contribution in [0.1, 0.15) is 18.4 Å². The molecule has 1 aromatic rings. The molecule has 0 aromatic heterocycles. The summed E-state index contributed by atoms with van der Waals surface area (Å²) in [5.74, 6) is 0.357. The summed E-state index contributed by atoms with van der Waals surface area (Å²) in [6, 6.07) is 5.42. The number of hydrogen-bond acceptors (Lipinski definition) is 3. The summed E-state index contributed by atoms with van der Waals surface area (Å²) in [5.41, 5.74) is 6.42. The van der Waals surface area contributed by atoms with Gasteiger partial charge in [0.25, 0.3) is 0 Å². The fourth-order valence-electron chi connectivity index (χ4n) is 2.37. The van der Waals surface area contributed by atoms with Crippen molar-refractivity contribution in [2.45, 2.75) is 25.4 Å². The highest BCUT2D eigenvalue weighted by Gasteiger charge is 2.23. The van der Waals surface area contributed by atoms with Crippen LogP contribution >= 0.6 is 0 Å². The van der Waals surface area contributed by atoms with E-state index >= 15 is 0 Å². The third kappa shape index (κ3) is 2.76. The summed E-state index contributed by atoms with van der Waals surface area (Å²) in [5, 5.41) is 0. The molecule has 1 saturated heterocycles. The Morgan fingerprint density at radius 1 is 1.53 bits per heavy atom. The summed E-state index contributed by atoms with van der Waals surface area (Å²) in [7, 11) is 1.54. The monoisotopic (exact) mass is 238 g/mol. The standard InChI is InChI=1S/C13H19FN2O/c1-17-12-5-4-10(13(14)7-12)9-16-6-2-3-11(16)8-15/h4-5,7,11H,2-3,6,8-9,15H2,1H3. The number of rotatable bonds is 4. The van der Waals surface area contributed by atoms with Gasteiger partial charge >= 0.3 is 0 Å². The molecular weight excluding hydrogens is 219 g/mol. The van der Waals surface area contributed by atoms with Crippen molar-refractivity contribution in [3.63, 3.8) is 0 Å². The molecule has 3 nitrogen and oxygen atoms in total. The molecule has 2 N–H and O–H groups in total. The maximum absolute atomic E-state index is 13.8. The minimum Gasteiger partial charge on any atom is -0.497 e. The lowest BCUT2D eigenvalue weighted by Gasteiger charge is -2.23. The van der Waals surface area contributed by atoms with E-state index in [1.165, 1.54) is 6.07 Å². The third-order valence-electron chi connectivity index (χ3n) is 3.40. The molecule has 0 saturated carbocycles. The van der Waals surface area contributed by atoms with Gasteiger partial charge in [-0.15, -0.1) is 0 Å². The van der Waals surface area contributed by atoms with E-state index < -0.39 is 0 Å². The maximum Gasteiger partial charge on any atom is 0.131 e. The molecule has 1 atom stereocenters. The quantitative estimate of drug-likeness (QED) is 0.868. The Morgan fingerprint density at radius 2 is 2.35 bits per heavy atom. The molecule has 94 valence electrons. The molecule has 2 rings (SSSR count). The summed E-state index contributed by atoms with van der Waals surface area (Å²) in [6.07, 6.45) is 2.27. The van der Waals surface area contributed by atoms with Crippen LogP contribution in [0, 0.1) is 5.82 Å². The normalized spacial score (nSPS) is 20.8. The number of nitrogens with zero attached hydrogens (tertiary/aromatic N) is 1. The number of likely N-dealkylation sites (tertiary alicyclic amines) is 1. The van der Waals surface area contributed by atoms with Crippen molar-refractivity contribution in [2.24, 2.45) is 5.73 Å². The molecule has 17 heavy (non-hydrogen) atoms. The lowest BCUT2D eigenvalue weighted by Crippen LogP contribution is -2.35. The Kier molecular flexibility index (Phi) is 3.97. The van der Waals surface area contributed by atoms with Gasteiger partial charge in [-0.2, -0.15) is 0 Å². The van der Waals surface area contributed by atoms with Crippen LogP contribution in [0.15, 0.2) is 18.2 Å². The Labute approximate surface area is 101 Å². The largest absolute Gasteiger partial charge is 0.497 e. The van der Waals surface area contributed by atoms with E-state index in [-0.39, 0.29) is 5.82 Å². The summed E-state index contributed by atoms with van der Waals surface area (Å²) >= 11 is 0. The molecule has 1 aliphatic rings. The SMILES string of the molecule is COc1ccc(CN2CCCC2CN)c(F)c1. The van der Waals surface area contributed by atoms with Crippen molar-refractivity contribution in [1.82, 2.24) is 4.90 Å². The second kappa shape index (κ2) is 5.47. The van der Waals surface area contributed by atoms with Crippen LogP contribution in [-0.2, 0) is 6.54 Å². The lowest BCUT2D eigenvalue weighted by atomic mass is 10.1. The van der Waals surface area contributed by atoms with E-state index in [9.17, 15) is 4.39 Å². The molecular formula is C13H19FN2O. The molecule has 1 fully saturated rings. The average molecular weight is 238 g/mol. The van der Waals surface area contributed by atoms with Gasteiger partial charge in [0.2, 0.25) is 0 Å². The molecule has 0 spiro atoms. The molecule has 1 unspecified atom stereocenters.